The van der Waals surface area contributed by atoms with Crippen LogP contribution in [-0.4, -0.2) is 5.11 Å². The highest BCUT2D eigenvalue weighted by Crippen LogP contribution is 2.44. The van der Waals surface area contributed by atoms with Gasteiger partial charge in [-0.15, -0.1) is 0 Å². The zero-order valence-electron chi connectivity index (χ0n) is 19.6. The van der Waals surface area contributed by atoms with Crippen LogP contribution in [0.1, 0.15) is 125 Å². The standard InChI is InChI=1S/C28H40O/c1-17(2)22-14-24(18(3)4)27(25(15-22)19(5)6)23-13-20(7)28(29)26(16-23)21-11-9-8-10-12-21/h13-19,21,29H,8-12H2,1-7H3. The van der Waals surface area contributed by atoms with Crippen molar-refractivity contribution < 1.29 is 5.11 Å². The quantitative estimate of drug-likeness (QED) is 0.539. The Bertz CT molecular complexity index is 822. The number of hydrogen-bond donors (Lipinski definition) is 1. The van der Waals surface area contributed by atoms with Gasteiger partial charge in [0.05, 0.1) is 0 Å². The summed E-state index contributed by atoms with van der Waals surface area (Å²) in [5.74, 6) is 2.49. The Morgan fingerprint density at radius 2 is 1.31 bits per heavy atom. The minimum Gasteiger partial charge on any atom is -0.507 e. The summed E-state index contributed by atoms with van der Waals surface area (Å²) in [6.45, 7) is 15.9. The van der Waals surface area contributed by atoms with Crippen molar-refractivity contribution in [1.29, 1.82) is 0 Å². The molecule has 29 heavy (non-hydrogen) atoms. The fraction of sp³-hybridized carbons (Fsp3) is 0.571. The zero-order chi connectivity index (χ0) is 21.3. The first kappa shape index (κ1) is 21.9. The van der Waals surface area contributed by atoms with E-state index in [4.69, 9.17) is 0 Å². The molecule has 0 amide bonds. The van der Waals surface area contributed by atoms with Crippen LogP contribution in [0.2, 0.25) is 0 Å². The van der Waals surface area contributed by atoms with Crippen LogP contribution in [0.15, 0.2) is 24.3 Å². The molecule has 0 aromatic heterocycles. The van der Waals surface area contributed by atoms with Crippen molar-refractivity contribution in [3.63, 3.8) is 0 Å². The van der Waals surface area contributed by atoms with Crippen LogP contribution >= 0.6 is 0 Å². The van der Waals surface area contributed by atoms with Gasteiger partial charge in [0.25, 0.3) is 0 Å². The number of benzene rings is 2. The van der Waals surface area contributed by atoms with Crippen molar-refractivity contribution >= 4 is 0 Å². The van der Waals surface area contributed by atoms with Crippen LogP contribution in [0.5, 0.6) is 5.75 Å². The first-order valence-corrected chi connectivity index (χ1v) is 11.7. The highest BCUT2D eigenvalue weighted by atomic mass is 16.3. The maximum Gasteiger partial charge on any atom is 0.121 e. The lowest BCUT2D eigenvalue weighted by atomic mass is 9.78. The summed E-state index contributed by atoms with van der Waals surface area (Å²) in [7, 11) is 0. The molecule has 158 valence electrons. The van der Waals surface area contributed by atoms with Crippen LogP contribution in [0.3, 0.4) is 0 Å². The van der Waals surface area contributed by atoms with Gasteiger partial charge in [0.2, 0.25) is 0 Å². The SMILES string of the molecule is Cc1cc(-c2c(C(C)C)cc(C(C)C)cc2C(C)C)cc(C2CCCCC2)c1O. The monoisotopic (exact) mass is 392 g/mol. The second-order valence-electron chi connectivity index (χ2n) is 10.1. The van der Waals surface area contributed by atoms with E-state index < -0.39 is 0 Å². The molecule has 0 aliphatic heterocycles. The van der Waals surface area contributed by atoms with Gasteiger partial charge in [-0.2, -0.15) is 0 Å². The summed E-state index contributed by atoms with van der Waals surface area (Å²) < 4.78 is 0. The molecular weight excluding hydrogens is 352 g/mol. The van der Waals surface area contributed by atoms with Gasteiger partial charge >= 0.3 is 0 Å². The molecule has 1 saturated carbocycles. The molecule has 1 N–H and O–H groups in total. The summed E-state index contributed by atoms with van der Waals surface area (Å²) in [5.41, 5.74) is 9.21. The van der Waals surface area contributed by atoms with Gasteiger partial charge in [-0.1, -0.05) is 72.9 Å². The molecule has 2 aromatic carbocycles. The second kappa shape index (κ2) is 8.94. The average Bonchev–Trinajstić information content (AvgIpc) is 2.69. The number of phenolic OH excluding ortho intramolecular Hbond substituents is 1. The summed E-state index contributed by atoms with van der Waals surface area (Å²) in [4.78, 5) is 0. The lowest BCUT2D eigenvalue weighted by molar-refractivity contribution is 0.412. The third-order valence-electron chi connectivity index (χ3n) is 6.80. The van der Waals surface area contributed by atoms with E-state index >= 15 is 0 Å². The van der Waals surface area contributed by atoms with E-state index in [1.807, 2.05) is 0 Å². The van der Waals surface area contributed by atoms with Crippen LogP contribution in [0.25, 0.3) is 11.1 Å². The normalized spacial score (nSPS) is 15.7. The van der Waals surface area contributed by atoms with Gasteiger partial charge < -0.3 is 5.11 Å². The lowest BCUT2D eigenvalue weighted by Gasteiger charge is -2.27. The molecule has 0 spiro atoms. The van der Waals surface area contributed by atoms with E-state index in [0.29, 0.717) is 29.4 Å². The molecular formula is C28H40O. The molecule has 2 aromatic rings. The highest BCUT2D eigenvalue weighted by Gasteiger charge is 2.23. The van der Waals surface area contributed by atoms with Crippen molar-refractivity contribution in [3.05, 3.63) is 52.1 Å². The number of hydrogen-bond acceptors (Lipinski definition) is 1. The maximum atomic E-state index is 10.9. The number of aromatic hydroxyl groups is 1. The Hall–Kier alpha value is -1.76. The smallest absolute Gasteiger partial charge is 0.121 e. The molecule has 0 radical (unpaired) electrons. The highest BCUT2D eigenvalue weighted by molar-refractivity contribution is 5.75. The molecule has 0 saturated heterocycles. The molecule has 1 nitrogen and oxygen atoms in total. The van der Waals surface area contributed by atoms with Crippen molar-refractivity contribution in [1.82, 2.24) is 0 Å². The molecule has 0 atom stereocenters. The summed E-state index contributed by atoms with van der Waals surface area (Å²) in [6, 6.07) is 9.39. The van der Waals surface area contributed by atoms with Crippen molar-refractivity contribution in [3.8, 4) is 16.9 Å². The molecule has 0 bridgehead atoms. The maximum absolute atomic E-state index is 10.9. The van der Waals surface area contributed by atoms with E-state index in [2.05, 4.69) is 72.7 Å². The second-order valence-corrected chi connectivity index (χ2v) is 10.1. The average molecular weight is 393 g/mol. The molecule has 1 fully saturated rings. The van der Waals surface area contributed by atoms with E-state index in [-0.39, 0.29) is 0 Å². The Labute approximate surface area is 178 Å². The van der Waals surface area contributed by atoms with Crippen LogP contribution < -0.4 is 0 Å². The largest absolute Gasteiger partial charge is 0.507 e. The predicted octanol–water partition coefficient (Wildman–Crippen LogP) is 8.79. The Morgan fingerprint density at radius 3 is 1.79 bits per heavy atom. The van der Waals surface area contributed by atoms with Crippen LogP contribution in [-0.2, 0) is 0 Å². The van der Waals surface area contributed by atoms with Crippen molar-refractivity contribution in [2.45, 2.75) is 104 Å². The van der Waals surface area contributed by atoms with E-state index in [9.17, 15) is 5.11 Å². The topological polar surface area (TPSA) is 20.2 Å². The number of aryl methyl sites for hydroxylation is 1. The fourth-order valence-corrected chi connectivity index (χ4v) is 4.97. The minimum atomic E-state index is 0.466. The predicted molar refractivity (Wildman–Crippen MR) is 126 cm³/mol. The molecule has 0 unspecified atom stereocenters. The number of phenols is 1. The van der Waals surface area contributed by atoms with Gasteiger partial charge in [0.15, 0.2) is 0 Å². The molecule has 0 heterocycles. The van der Waals surface area contributed by atoms with Crippen molar-refractivity contribution in [2.24, 2.45) is 0 Å². The summed E-state index contributed by atoms with van der Waals surface area (Å²) in [6.07, 6.45) is 6.31. The van der Waals surface area contributed by atoms with Gasteiger partial charge in [0, 0.05) is 0 Å². The van der Waals surface area contributed by atoms with Gasteiger partial charge in [-0.05, 0) is 94.5 Å². The molecule has 3 rings (SSSR count). The molecule has 1 heteroatoms. The minimum absolute atomic E-state index is 0.466. The molecule has 1 aliphatic rings. The van der Waals surface area contributed by atoms with E-state index in [0.717, 1.165) is 5.56 Å². The van der Waals surface area contributed by atoms with E-state index in [1.54, 1.807) is 0 Å². The zero-order valence-corrected chi connectivity index (χ0v) is 19.6. The lowest BCUT2D eigenvalue weighted by Crippen LogP contribution is -2.07. The van der Waals surface area contributed by atoms with Gasteiger partial charge in [-0.25, -0.2) is 0 Å². The van der Waals surface area contributed by atoms with Gasteiger partial charge in [-0.3, -0.25) is 0 Å². The first-order chi connectivity index (χ1) is 13.7. The Kier molecular flexibility index (Phi) is 6.76. The fourth-order valence-electron chi connectivity index (χ4n) is 4.97. The van der Waals surface area contributed by atoms with Crippen molar-refractivity contribution in [2.75, 3.05) is 0 Å². The van der Waals surface area contributed by atoms with Gasteiger partial charge in [0.1, 0.15) is 5.75 Å². The summed E-state index contributed by atoms with van der Waals surface area (Å²) in [5, 5.41) is 10.9. The summed E-state index contributed by atoms with van der Waals surface area (Å²) >= 11 is 0. The third kappa shape index (κ3) is 4.55. The number of rotatable bonds is 5. The first-order valence-electron chi connectivity index (χ1n) is 11.7. The third-order valence-corrected chi connectivity index (χ3v) is 6.80. The van der Waals surface area contributed by atoms with Crippen LogP contribution in [0, 0.1) is 6.92 Å². The van der Waals surface area contributed by atoms with Crippen LogP contribution in [0.4, 0.5) is 0 Å². The van der Waals surface area contributed by atoms with E-state index in [1.165, 1.54) is 65.5 Å². The molecule has 1 aliphatic carbocycles. The Balaban J connectivity index is 2.25. The Morgan fingerprint density at radius 1 is 0.759 bits per heavy atom.